The van der Waals surface area contributed by atoms with E-state index in [1.807, 2.05) is 12.5 Å². The molecule has 5 aromatic rings. The van der Waals surface area contributed by atoms with Crippen LogP contribution in [0.2, 0.25) is 0 Å². The normalized spacial score (nSPS) is 11.6. The van der Waals surface area contributed by atoms with Crippen LogP contribution < -0.4 is 26.0 Å². The lowest BCUT2D eigenvalue weighted by Crippen LogP contribution is -2.81. The summed E-state index contributed by atoms with van der Waals surface area (Å²) in [6, 6.07) is 6.73. The molecular formula is C32H11BF20O2S. The van der Waals surface area contributed by atoms with Crippen molar-refractivity contribution in [3.05, 3.63) is 141 Å². The second-order valence-electron chi connectivity index (χ2n) is 11.1. The number of hydrogen-bond donors (Lipinski definition) is 1. The SMILES string of the molecule is C[S+](C)Oc1ccc(O)cc1.Fc1c(F)c(F)c([B-](c2c(F)c(F)c(F)c(F)c2F)(c2c(F)c(F)c(F)c(F)c2F)c2c(F)c(F)c(F)c(F)c2F)c(F)c1F. The summed E-state index contributed by atoms with van der Waals surface area (Å²) < 4.78 is 299. The Kier molecular flexibility index (Phi) is 12.2. The highest BCUT2D eigenvalue weighted by atomic mass is 32.2. The van der Waals surface area contributed by atoms with Crippen LogP contribution in [0.25, 0.3) is 0 Å². The highest BCUT2D eigenvalue weighted by Crippen LogP contribution is 2.30. The molecule has 0 aliphatic carbocycles. The minimum atomic E-state index is -7.22. The molecule has 0 aliphatic rings. The van der Waals surface area contributed by atoms with Crippen LogP contribution in [0.4, 0.5) is 87.8 Å². The zero-order valence-electron chi connectivity index (χ0n) is 26.7. The van der Waals surface area contributed by atoms with Crippen molar-refractivity contribution in [1.29, 1.82) is 0 Å². The number of phenols is 1. The van der Waals surface area contributed by atoms with Gasteiger partial charge in [-0.15, -0.1) is 21.9 Å². The summed E-state index contributed by atoms with van der Waals surface area (Å²) in [6.45, 7) is 0. The summed E-state index contributed by atoms with van der Waals surface area (Å²) in [5.74, 6) is -70.3. The van der Waals surface area contributed by atoms with Gasteiger partial charge in [0.25, 0.3) is 0 Å². The minimum Gasteiger partial charge on any atom is -0.508 e. The van der Waals surface area contributed by atoms with Gasteiger partial charge in [-0.2, -0.15) is 0 Å². The third-order valence-electron chi connectivity index (χ3n) is 7.81. The first kappa shape index (κ1) is 43.4. The van der Waals surface area contributed by atoms with Crippen molar-refractivity contribution in [2.75, 3.05) is 12.5 Å². The van der Waals surface area contributed by atoms with Crippen LogP contribution in [0.1, 0.15) is 0 Å². The summed E-state index contributed by atoms with van der Waals surface area (Å²) in [4.78, 5) is 0. The average molecular weight is 850 g/mol. The van der Waals surface area contributed by atoms with Gasteiger partial charge in [-0.3, -0.25) is 4.18 Å². The minimum absolute atomic E-state index is 0.0548. The molecule has 0 bridgehead atoms. The average Bonchev–Trinajstić information content (AvgIpc) is 3.15. The van der Waals surface area contributed by atoms with Crippen LogP contribution in [0.5, 0.6) is 11.5 Å². The van der Waals surface area contributed by atoms with E-state index >= 15 is 35.1 Å². The Labute approximate surface area is 301 Å². The first-order chi connectivity index (χ1) is 25.9. The van der Waals surface area contributed by atoms with Crippen molar-refractivity contribution in [3.8, 4) is 11.5 Å². The maximum atomic E-state index is 15.4. The Morgan fingerprint density at radius 1 is 0.339 bits per heavy atom. The second kappa shape index (κ2) is 15.7. The lowest BCUT2D eigenvalue weighted by atomic mass is 9.12. The van der Waals surface area contributed by atoms with Crippen molar-refractivity contribution < 1.29 is 97.1 Å². The van der Waals surface area contributed by atoms with E-state index in [0.29, 0.717) is 0 Å². The number of phenolic OH excluding ortho intramolecular Hbond substituents is 1. The first-order valence-corrected chi connectivity index (χ1v) is 16.1. The molecule has 0 amide bonds. The van der Waals surface area contributed by atoms with Crippen LogP contribution in [0.15, 0.2) is 24.3 Å². The van der Waals surface area contributed by atoms with Gasteiger partial charge in [-0.1, -0.05) is 0 Å². The lowest BCUT2D eigenvalue weighted by molar-refractivity contribution is 0.378. The van der Waals surface area contributed by atoms with Gasteiger partial charge in [0.2, 0.25) is 0 Å². The standard InChI is InChI=1S/C24BF20.C8H10O2S/c26-5-1(6(27)14(35)21(42)13(5)34)25(2-7(28)15(36)22(43)16(37)8(2)29,3-9(30)17(38)23(44)18(39)10(3)31)4-11(32)19(40)24(45)20(41)12(4)33;1-11(2)10-8-5-3-7(9)4-6-8/h;3-6H,1-2H3/q-1;/p+1. The second-order valence-corrected chi connectivity index (χ2v) is 12.8. The smallest absolute Gasteiger partial charge is 0.200 e. The number of hydrogen-bond acceptors (Lipinski definition) is 2. The maximum Gasteiger partial charge on any atom is 0.200 e. The van der Waals surface area contributed by atoms with Crippen LogP contribution in [0, 0.1) is 116 Å². The van der Waals surface area contributed by atoms with E-state index in [-0.39, 0.29) is 16.9 Å². The molecule has 0 saturated carbocycles. The van der Waals surface area contributed by atoms with Gasteiger partial charge in [-0.25, -0.2) is 87.8 Å². The van der Waals surface area contributed by atoms with Gasteiger partial charge in [0.15, 0.2) is 86.7 Å². The molecule has 24 heteroatoms. The molecule has 0 aliphatic heterocycles. The fraction of sp³-hybridized carbons (Fsp3) is 0.0625. The molecule has 5 aromatic carbocycles. The van der Waals surface area contributed by atoms with Gasteiger partial charge >= 0.3 is 0 Å². The summed E-state index contributed by atoms with van der Waals surface area (Å²) in [7, 11) is 0. The fourth-order valence-electron chi connectivity index (χ4n) is 5.57. The molecule has 300 valence electrons. The molecule has 2 nitrogen and oxygen atoms in total. The monoisotopic (exact) mass is 850 g/mol. The first-order valence-electron chi connectivity index (χ1n) is 14.2. The number of aromatic hydroxyl groups is 1. The number of benzene rings is 5. The molecule has 1 N–H and O–H groups in total. The van der Waals surface area contributed by atoms with Crippen molar-refractivity contribution >= 4 is 39.2 Å². The molecule has 0 atom stereocenters. The Balaban J connectivity index is 0.000000544. The van der Waals surface area contributed by atoms with E-state index in [9.17, 15) is 52.7 Å². The molecule has 56 heavy (non-hydrogen) atoms. The largest absolute Gasteiger partial charge is 0.508 e. The third-order valence-corrected chi connectivity index (χ3v) is 8.33. The highest BCUT2D eigenvalue weighted by Gasteiger charge is 2.52. The summed E-state index contributed by atoms with van der Waals surface area (Å²) in [5, 5.41) is 8.94. The molecule has 0 spiro atoms. The zero-order valence-corrected chi connectivity index (χ0v) is 27.5. The molecule has 0 radical (unpaired) electrons. The molecule has 0 fully saturated rings. The van der Waals surface area contributed by atoms with Crippen LogP contribution >= 0.6 is 0 Å². The van der Waals surface area contributed by atoms with Gasteiger partial charge in [-0.05, 0) is 24.3 Å². The summed E-state index contributed by atoms with van der Waals surface area (Å²) >= 11 is -0.0548. The zero-order chi connectivity index (χ0) is 42.6. The van der Waals surface area contributed by atoms with E-state index in [1.54, 1.807) is 24.3 Å². The summed E-state index contributed by atoms with van der Waals surface area (Å²) in [5.41, 5.74) is -14.3. The Morgan fingerprint density at radius 3 is 0.696 bits per heavy atom. The van der Waals surface area contributed by atoms with Gasteiger partial charge in [0.05, 0.1) is 0 Å². The molecule has 0 aromatic heterocycles. The van der Waals surface area contributed by atoms with Crippen molar-refractivity contribution in [1.82, 2.24) is 0 Å². The Morgan fingerprint density at radius 2 is 0.518 bits per heavy atom. The van der Waals surface area contributed by atoms with Gasteiger partial charge in [0.1, 0.15) is 70.9 Å². The van der Waals surface area contributed by atoms with E-state index in [1.165, 1.54) is 0 Å². The third kappa shape index (κ3) is 6.69. The van der Waals surface area contributed by atoms with Gasteiger partial charge < -0.3 is 5.11 Å². The van der Waals surface area contributed by atoms with Crippen molar-refractivity contribution in [2.45, 2.75) is 0 Å². The molecule has 0 saturated heterocycles. The number of rotatable bonds is 6. The molecule has 5 rings (SSSR count). The Bertz CT molecular complexity index is 2010. The van der Waals surface area contributed by atoms with E-state index in [4.69, 9.17) is 9.29 Å². The molecule has 0 heterocycles. The predicted molar refractivity (Wildman–Crippen MR) is 157 cm³/mol. The van der Waals surface area contributed by atoms with E-state index in [0.717, 1.165) is 5.75 Å². The predicted octanol–water partition coefficient (Wildman–Crippen LogP) is 7.41. The van der Waals surface area contributed by atoms with Crippen LogP contribution in [-0.2, 0) is 11.2 Å². The fourth-order valence-corrected chi connectivity index (χ4v) is 6.06. The highest BCUT2D eigenvalue weighted by molar-refractivity contribution is 7.91. The number of halogens is 20. The molecule has 0 unspecified atom stereocenters. The van der Waals surface area contributed by atoms with Gasteiger partial charge in [0, 0.05) is 0 Å². The van der Waals surface area contributed by atoms with Crippen molar-refractivity contribution in [3.63, 3.8) is 0 Å². The molecular weight excluding hydrogens is 839 g/mol. The Hall–Kier alpha value is -5.29. The van der Waals surface area contributed by atoms with E-state index in [2.05, 4.69) is 0 Å². The van der Waals surface area contributed by atoms with E-state index < -0.39 is 144 Å². The lowest BCUT2D eigenvalue weighted by Gasteiger charge is -2.44. The van der Waals surface area contributed by atoms with Crippen LogP contribution in [0.3, 0.4) is 0 Å². The topological polar surface area (TPSA) is 29.5 Å². The van der Waals surface area contributed by atoms with Crippen molar-refractivity contribution in [2.24, 2.45) is 0 Å². The maximum absolute atomic E-state index is 15.4. The van der Waals surface area contributed by atoms with Crippen LogP contribution in [-0.4, -0.2) is 23.8 Å². The summed E-state index contributed by atoms with van der Waals surface area (Å²) in [6.07, 6.45) is -3.23. The quantitative estimate of drug-likeness (QED) is 0.0635.